The largest absolute Gasteiger partial charge is 0.338 e. The minimum Gasteiger partial charge on any atom is -0.338 e. The van der Waals surface area contributed by atoms with Crippen molar-refractivity contribution in [3.63, 3.8) is 0 Å². The van der Waals surface area contributed by atoms with Gasteiger partial charge in [0.1, 0.15) is 0 Å². The Bertz CT molecular complexity index is 747. The number of rotatable bonds is 5. The maximum absolute atomic E-state index is 12.7. The molecule has 1 aliphatic heterocycles. The number of halogens is 1. The number of nitrogens with zero attached hydrogens (tertiary/aromatic N) is 1. The molecule has 1 saturated heterocycles. The first-order chi connectivity index (χ1) is 13.4. The van der Waals surface area contributed by atoms with Crippen LogP contribution < -0.4 is 10.6 Å². The van der Waals surface area contributed by atoms with Gasteiger partial charge in [-0.25, -0.2) is 13.2 Å². The molecule has 2 amide bonds. The molecule has 0 aromatic heterocycles. The average Bonchev–Trinajstić information content (AvgIpc) is 3.12. The summed E-state index contributed by atoms with van der Waals surface area (Å²) >= 11 is 5.85. The molecular weight excluding hydrogens is 422 g/mol. The van der Waals surface area contributed by atoms with Crippen molar-refractivity contribution >= 4 is 27.7 Å². The molecule has 0 radical (unpaired) electrons. The second-order valence-electron chi connectivity index (χ2n) is 7.87. The maximum Gasteiger partial charge on any atom is 0.315 e. The molecule has 1 aromatic carbocycles. The molecule has 2 aliphatic rings. The first-order valence-corrected chi connectivity index (χ1v) is 12.1. The van der Waals surface area contributed by atoms with Crippen LogP contribution in [0.3, 0.4) is 0 Å². The van der Waals surface area contributed by atoms with Crippen molar-refractivity contribution in [1.82, 2.24) is 14.9 Å². The highest BCUT2D eigenvalue weighted by Crippen LogP contribution is 2.25. The summed E-state index contributed by atoms with van der Waals surface area (Å²) < 4.78 is 27.0. The maximum atomic E-state index is 12.7. The molecule has 3 rings (SSSR count). The zero-order valence-electron chi connectivity index (χ0n) is 16.2. The average molecular weight is 460 g/mol. The van der Waals surface area contributed by atoms with Gasteiger partial charge in [0.25, 0.3) is 0 Å². The molecule has 1 unspecified atom stereocenters. The van der Waals surface area contributed by atoms with Crippen molar-refractivity contribution in [3.8, 4) is 0 Å². The van der Waals surface area contributed by atoms with E-state index < -0.39 is 10.0 Å². The Hall–Kier alpha value is -1.31. The quantitative estimate of drug-likeness (QED) is 0.647. The summed E-state index contributed by atoms with van der Waals surface area (Å²) in [5.74, 6) is 0.130. The van der Waals surface area contributed by atoms with E-state index in [1.54, 1.807) is 12.1 Å². The van der Waals surface area contributed by atoms with Gasteiger partial charge in [0.2, 0.25) is 10.0 Å². The van der Waals surface area contributed by atoms with Crippen LogP contribution in [0.25, 0.3) is 0 Å². The smallest absolute Gasteiger partial charge is 0.315 e. The predicted molar refractivity (Wildman–Crippen MR) is 124 cm³/mol. The molecule has 30 heavy (non-hydrogen) atoms. The second kappa shape index (κ2) is 12.5. The highest BCUT2D eigenvalue weighted by atomic mass is 35.5. The van der Waals surface area contributed by atoms with Crippen LogP contribution in [0.4, 0.5) is 4.79 Å². The molecular formula is C22H38ClN3O3S. The Kier molecular flexibility index (Phi) is 11.2. The van der Waals surface area contributed by atoms with Crippen molar-refractivity contribution in [3.05, 3.63) is 29.3 Å². The molecule has 1 aliphatic carbocycles. The van der Waals surface area contributed by atoms with Crippen molar-refractivity contribution in [2.24, 2.45) is 5.92 Å². The van der Waals surface area contributed by atoms with E-state index in [0.717, 1.165) is 19.3 Å². The minimum atomic E-state index is -3.51. The molecule has 0 bridgehead atoms. The number of hydrogen-bond donors (Lipinski definition) is 2. The van der Waals surface area contributed by atoms with Gasteiger partial charge in [-0.2, -0.15) is 4.31 Å². The van der Waals surface area contributed by atoms with Gasteiger partial charge < -0.3 is 10.6 Å². The van der Waals surface area contributed by atoms with Crippen LogP contribution in [0.1, 0.15) is 66.2 Å². The summed E-state index contributed by atoms with van der Waals surface area (Å²) in [7, 11) is -3.51. The molecule has 1 atom stereocenters. The molecule has 2 fully saturated rings. The number of urea groups is 1. The highest BCUT2D eigenvalue weighted by Gasteiger charge is 2.32. The summed E-state index contributed by atoms with van der Waals surface area (Å²) in [5, 5.41) is 6.54. The van der Waals surface area contributed by atoms with Gasteiger partial charge in [0.15, 0.2) is 0 Å². The van der Waals surface area contributed by atoms with E-state index >= 15 is 0 Å². The minimum absolute atomic E-state index is 0. The number of carbonyl (C=O) groups excluding carboxylic acids is 1. The normalized spacial score (nSPS) is 20.9. The topological polar surface area (TPSA) is 78.5 Å². The van der Waals surface area contributed by atoms with Gasteiger partial charge in [-0.3, -0.25) is 0 Å². The zero-order chi connectivity index (χ0) is 20.0. The Labute approximate surface area is 187 Å². The molecule has 1 saturated carbocycles. The SMILES string of the molecule is C.C.O=C(NCC1CCN(S(=O)(=O)c2ccc(Cl)cc2)C1)NC1CCCCCCC1. The number of benzene rings is 1. The number of nitrogens with one attached hydrogen (secondary N) is 2. The third kappa shape index (κ3) is 7.43. The van der Waals surface area contributed by atoms with Crippen molar-refractivity contribution in [2.45, 2.75) is 77.2 Å². The highest BCUT2D eigenvalue weighted by molar-refractivity contribution is 7.89. The van der Waals surface area contributed by atoms with Crippen LogP contribution in [-0.2, 0) is 10.0 Å². The van der Waals surface area contributed by atoms with Gasteiger partial charge >= 0.3 is 6.03 Å². The zero-order valence-corrected chi connectivity index (χ0v) is 17.8. The Balaban J connectivity index is 0.00000225. The third-order valence-corrected chi connectivity index (χ3v) is 7.82. The fourth-order valence-electron chi connectivity index (χ4n) is 4.01. The molecule has 2 N–H and O–H groups in total. The summed E-state index contributed by atoms with van der Waals surface area (Å²) in [5.41, 5.74) is 0. The van der Waals surface area contributed by atoms with E-state index in [4.69, 9.17) is 11.6 Å². The first-order valence-electron chi connectivity index (χ1n) is 10.3. The monoisotopic (exact) mass is 459 g/mol. The van der Waals surface area contributed by atoms with Crippen LogP contribution >= 0.6 is 11.6 Å². The van der Waals surface area contributed by atoms with Crippen molar-refractivity contribution in [2.75, 3.05) is 19.6 Å². The van der Waals surface area contributed by atoms with Crippen LogP contribution in [0.5, 0.6) is 0 Å². The standard InChI is InChI=1S/C20H30ClN3O3S.2CH4/c21-17-8-10-19(11-9-17)28(26,27)24-13-12-16(15-24)14-22-20(25)23-18-6-4-2-1-3-5-7-18;;/h8-11,16,18H,1-7,12-15H2,(H2,22,23,25);2*1H4. The summed E-state index contributed by atoms with van der Waals surface area (Å²) in [6.07, 6.45) is 8.98. The second-order valence-corrected chi connectivity index (χ2v) is 10.2. The van der Waals surface area contributed by atoms with Gasteiger partial charge in [-0.05, 0) is 49.4 Å². The van der Waals surface area contributed by atoms with E-state index in [0.29, 0.717) is 24.7 Å². The Morgan fingerprint density at radius 1 is 1.00 bits per heavy atom. The summed E-state index contributed by atoms with van der Waals surface area (Å²) in [6.45, 7) is 1.39. The van der Waals surface area contributed by atoms with Crippen molar-refractivity contribution < 1.29 is 13.2 Å². The third-order valence-electron chi connectivity index (χ3n) is 5.69. The van der Waals surface area contributed by atoms with Crippen LogP contribution in [0.2, 0.25) is 5.02 Å². The summed E-state index contributed by atoms with van der Waals surface area (Å²) in [6, 6.07) is 6.36. The number of amides is 2. The lowest BCUT2D eigenvalue weighted by molar-refractivity contribution is 0.232. The lowest BCUT2D eigenvalue weighted by atomic mass is 9.97. The Morgan fingerprint density at radius 2 is 1.60 bits per heavy atom. The van der Waals surface area contributed by atoms with E-state index in [1.807, 2.05) is 0 Å². The van der Waals surface area contributed by atoms with Gasteiger partial charge in [-0.1, -0.05) is 58.6 Å². The fraction of sp³-hybridized carbons (Fsp3) is 0.682. The van der Waals surface area contributed by atoms with Gasteiger partial charge in [0, 0.05) is 30.7 Å². The molecule has 1 aromatic rings. The molecule has 6 nitrogen and oxygen atoms in total. The Morgan fingerprint density at radius 3 is 2.23 bits per heavy atom. The van der Waals surface area contributed by atoms with Crippen LogP contribution in [0.15, 0.2) is 29.2 Å². The van der Waals surface area contributed by atoms with Crippen molar-refractivity contribution in [1.29, 1.82) is 0 Å². The van der Waals surface area contributed by atoms with Crippen LogP contribution in [0, 0.1) is 5.92 Å². The molecule has 8 heteroatoms. The lowest BCUT2D eigenvalue weighted by Crippen LogP contribution is -2.44. The van der Waals surface area contributed by atoms with E-state index in [9.17, 15) is 13.2 Å². The first kappa shape index (κ1) is 26.7. The molecule has 0 spiro atoms. The van der Waals surface area contributed by atoms with E-state index in [2.05, 4.69) is 10.6 Å². The van der Waals surface area contributed by atoms with Gasteiger partial charge in [0.05, 0.1) is 4.90 Å². The fourth-order valence-corrected chi connectivity index (χ4v) is 5.67. The van der Waals surface area contributed by atoms with E-state index in [-0.39, 0.29) is 37.7 Å². The number of hydrogen-bond acceptors (Lipinski definition) is 3. The number of sulfonamides is 1. The molecule has 1 heterocycles. The predicted octanol–water partition coefficient (Wildman–Crippen LogP) is 5.03. The van der Waals surface area contributed by atoms with Crippen LogP contribution in [-0.4, -0.2) is 44.4 Å². The van der Waals surface area contributed by atoms with Gasteiger partial charge in [-0.15, -0.1) is 0 Å². The number of carbonyl (C=O) groups is 1. The lowest BCUT2D eigenvalue weighted by Gasteiger charge is -2.22. The molecule has 172 valence electrons. The summed E-state index contributed by atoms with van der Waals surface area (Å²) in [4.78, 5) is 12.5. The van der Waals surface area contributed by atoms with E-state index in [1.165, 1.54) is 48.5 Å².